The monoisotopic (exact) mass is 207 g/mol. The lowest BCUT2D eigenvalue weighted by Crippen LogP contribution is -2.37. The van der Waals surface area contributed by atoms with Crippen LogP contribution in [0.4, 0.5) is 0 Å². The van der Waals surface area contributed by atoms with Gasteiger partial charge in [0.2, 0.25) is 0 Å². The third-order valence-electron chi connectivity index (χ3n) is 2.70. The molecule has 0 spiro atoms. The van der Waals surface area contributed by atoms with Crippen LogP contribution in [-0.2, 0) is 6.42 Å². The first-order chi connectivity index (χ1) is 6.80. The molecule has 2 N–H and O–H groups in total. The predicted molar refractivity (Wildman–Crippen MR) is 62.6 cm³/mol. The molecule has 0 saturated heterocycles. The van der Waals surface area contributed by atoms with Crippen molar-refractivity contribution in [3.05, 3.63) is 23.3 Å². The van der Waals surface area contributed by atoms with Crippen LogP contribution < -0.4 is 5.73 Å². The molecule has 1 aromatic heterocycles. The van der Waals surface area contributed by atoms with Gasteiger partial charge in [-0.25, -0.2) is 0 Å². The Hall–Kier alpha value is -0.960. The highest BCUT2D eigenvalue weighted by atomic mass is 14.8. The maximum absolute atomic E-state index is 6.13. The lowest BCUT2D eigenvalue weighted by atomic mass is 9.84. The van der Waals surface area contributed by atoms with Crippen LogP contribution in [0.1, 0.15) is 37.9 Å². The van der Waals surface area contributed by atoms with Crippen molar-refractivity contribution in [1.82, 2.24) is 9.97 Å². The van der Waals surface area contributed by atoms with E-state index in [0.717, 1.165) is 23.5 Å². The molecule has 1 atom stereocenters. The van der Waals surface area contributed by atoms with Crippen molar-refractivity contribution >= 4 is 0 Å². The molecular formula is C12H21N3. The highest BCUT2D eigenvalue weighted by molar-refractivity contribution is 5.13. The number of nitrogens with zero attached hydrogens (tertiary/aromatic N) is 2. The van der Waals surface area contributed by atoms with E-state index in [2.05, 4.69) is 30.7 Å². The summed E-state index contributed by atoms with van der Waals surface area (Å²) < 4.78 is 0. The quantitative estimate of drug-likeness (QED) is 0.807. The van der Waals surface area contributed by atoms with Crippen LogP contribution in [0.25, 0.3) is 0 Å². The number of hydrogen-bond donors (Lipinski definition) is 1. The zero-order valence-electron chi connectivity index (χ0n) is 10.3. The maximum atomic E-state index is 6.13. The number of aryl methyl sites for hydroxylation is 2. The molecule has 84 valence electrons. The number of hydrogen-bond acceptors (Lipinski definition) is 3. The van der Waals surface area contributed by atoms with Crippen LogP contribution in [0.15, 0.2) is 6.20 Å². The van der Waals surface area contributed by atoms with Crippen LogP contribution in [0.2, 0.25) is 0 Å². The van der Waals surface area contributed by atoms with E-state index in [-0.39, 0.29) is 11.5 Å². The molecule has 0 saturated carbocycles. The Morgan fingerprint density at radius 1 is 1.33 bits per heavy atom. The van der Waals surface area contributed by atoms with E-state index in [9.17, 15) is 0 Å². The molecule has 0 amide bonds. The van der Waals surface area contributed by atoms with Gasteiger partial charge in [0.25, 0.3) is 0 Å². The van der Waals surface area contributed by atoms with Crippen molar-refractivity contribution in [3.63, 3.8) is 0 Å². The highest BCUT2D eigenvalue weighted by Gasteiger charge is 2.22. The smallest absolute Gasteiger partial charge is 0.0634 e. The van der Waals surface area contributed by atoms with Gasteiger partial charge in [-0.15, -0.1) is 0 Å². The van der Waals surface area contributed by atoms with Gasteiger partial charge in [-0.3, -0.25) is 9.97 Å². The fourth-order valence-electron chi connectivity index (χ4n) is 1.30. The van der Waals surface area contributed by atoms with E-state index in [0.29, 0.717) is 0 Å². The SMILES string of the molecule is Cc1cnc(C)c(CC(N)C(C)(C)C)n1. The second-order valence-electron chi connectivity index (χ2n) is 5.22. The summed E-state index contributed by atoms with van der Waals surface area (Å²) in [5, 5.41) is 0. The minimum Gasteiger partial charge on any atom is -0.327 e. The molecule has 15 heavy (non-hydrogen) atoms. The Kier molecular flexibility index (Phi) is 3.45. The molecule has 0 aromatic carbocycles. The number of nitrogens with two attached hydrogens (primary N) is 1. The summed E-state index contributed by atoms with van der Waals surface area (Å²) in [7, 11) is 0. The number of aromatic nitrogens is 2. The van der Waals surface area contributed by atoms with Gasteiger partial charge < -0.3 is 5.73 Å². The molecule has 0 fully saturated rings. The van der Waals surface area contributed by atoms with Gasteiger partial charge in [0.15, 0.2) is 0 Å². The van der Waals surface area contributed by atoms with Crippen molar-refractivity contribution in [3.8, 4) is 0 Å². The minimum absolute atomic E-state index is 0.109. The van der Waals surface area contributed by atoms with E-state index < -0.39 is 0 Å². The van der Waals surface area contributed by atoms with Crippen LogP contribution in [-0.4, -0.2) is 16.0 Å². The Morgan fingerprint density at radius 3 is 2.47 bits per heavy atom. The molecule has 3 nitrogen and oxygen atoms in total. The van der Waals surface area contributed by atoms with Crippen LogP contribution in [0.3, 0.4) is 0 Å². The van der Waals surface area contributed by atoms with E-state index >= 15 is 0 Å². The predicted octanol–water partition coefficient (Wildman–Crippen LogP) is 2.01. The first-order valence-corrected chi connectivity index (χ1v) is 5.35. The van der Waals surface area contributed by atoms with Gasteiger partial charge in [-0.2, -0.15) is 0 Å². The maximum Gasteiger partial charge on any atom is 0.0634 e. The summed E-state index contributed by atoms with van der Waals surface area (Å²) >= 11 is 0. The molecule has 3 heteroatoms. The Bertz CT molecular complexity index is 339. The van der Waals surface area contributed by atoms with Gasteiger partial charge >= 0.3 is 0 Å². The third kappa shape index (κ3) is 3.27. The summed E-state index contributed by atoms with van der Waals surface area (Å²) in [6.45, 7) is 10.4. The highest BCUT2D eigenvalue weighted by Crippen LogP contribution is 2.20. The molecule has 0 aliphatic heterocycles. The zero-order valence-corrected chi connectivity index (χ0v) is 10.3. The molecule has 0 bridgehead atoms. The lowest BCUT2D eigenvalue weighted by molar-refractivity contribution is 0.316. The topological polar surface area (TPSA) is 51.8 Å². The van der Waals surface area contributed by atoms with E-state index in [1.807, 2.05) is 13.8 Å². The second-order valence-corrected chi connectivity index (χ2v) is 5.22. The fourth-order valence-corrected chi connectivity index (χ4v) is 1.30. The second kappa shape index (κ2) is 4.27. The minimum atomic E-state index is 0.109. The molecule has 1 rings (SSSR count). The molecular weight excluding hydrogens is 186 g/mol. The molecule has 0 aliphatic carbocycles. The Morgan fingerprint density at radius 2 is 1.93 bits per heavy atom. The zero-order chi connectivity index (χ0) is 11.6. The van der Waals surface area contributed by atoms with Crippen molar-refractivity contribution in [1.29, 1.82) is 0 Å². The van der Waals surface area contributed by atoms with E-state index in [4.69, 9.17) is 5.73 Å². The standard InChI is InChI=1S/C12H21N3/c1-8-7-14-9(2)10(15-8)6-11(13)12(3,4)5/h7,11H,6,13H2,1-5H3. The average molecular weight is 207 g/mol. The van der Waals surface area contributed by atoms with Crippen molar-refractivity contribution in [2.45, 2.75) is 47.1 Å². The van der Waals surface area contributed by atoms with E-state index in [1.165, 1.54) is 0 Å². The summed E-state index contributed by atoms with van der Waals surface area (Å²) in [5.41, 5.74) is 9.21. The van der Waals surface area contributed by atoms with Crippen LogP contribution >= 0.6 is 0 Å². The molecule has 0 aliphatic rings. The summed E-state index contributed by atoms with van der Waals surface area (Å²) in [4.78, 5) is 8.78. The molecule has 1 unspecified atom stereocenters. The summed E-state index contributed by atoms with van der Waals surface area (Å²) in [6, 6.07) is 0.118. The third-order valence-corrected chi connectivity index (χ3v) is 2.70. The fraction of sp³-hybridized carbons (Fsp3) is 0.667. The summed E-state index contributed by atoms with van der Waals surface area (Å²) in [5.74, 6) is 0. The number of rotatable bonds is 2. The van der Waals surface area contributed by atoms with Gasteiger partial charge in [-0.05, 0) is 19.3 Å². The lowest BCUT2D eigenvalue weighted by Gasteiger charge is -2.27. The first-order valence-electron chi connectivity index (χ1n) is 5.35. The van der Waals surface area contributed by atoms with Gasteiger partial charge in [0.05, 0.1) is 17.1 Å². The Labute approximate surface area is 92.1 Å². The first kappa shape index (κ1) is 12.1. The van der Waals surface area contributed by atoms with Crippen LogP contribution in [0, 0.1) is 19.3 Å². The van der Waals surface area contributed by atoms with Gasteiger partial charge in [-0.1, -0.05) is 20.8 Å². The van der Waals surface area contributed by atoms with E-state index in [1.54, 1.807) is 6.20 Å². The summed E-state index contributed by atoms with van der Waals surface area (Å²) in [6.07, 6.45) is 2.59. The molecule has 0 radical (unpaired) electrons. The Balaban J connectivity index is 2.85. The van der Waals surface area contributed by atoms with Crippen molar-refractivity contribution < 1.29 is 0 Å². The average Bonchev–Trinajstić information content (AvgIpc) is 2.09. The largest absolute Gasteiger partial charge is 0.327 e. The van der Waals surface area contributed by atoms with Crippen molar-refractivity contribution in [2.24, 2.45) is 11.1 Å². The molecule has 1 heterocycles. The normalized spacial score (nSPS) is 14.0. The van der Waals surface area contributed by atoms with Gasteiger partial charge in [0.1, 0.15) is 0 Å². The van der Waals surface area contributed by atoms with Crippen molar-refractivity contribution in [2.75, 3.05) is 0 Å². The van der Waals surface area contributed by atoms with Crippen LogP contribution in [0.5, 0.6) is 0 Å². The molecule has 1 aromatic rings. The van der Waals surface area contributed by atoms with Gasteiger partial charge in [0, 0.05) is 18.7 Å².